The zero-order chi connectivity index (χ0) is 15.4. The van der Waals surface area contributed by atoms with E-state index in [1.807, 2.05) is 0 Å². The van der Waals surface area contributed by atoms with Crippen molar-refractivity contribution in [2.75, 3.05) is 7.11 Å². The fourth-order valence-corrected chi connectivity index (χ4v) is 2.19. The van der Waals surface area contributed by atoms with E-state index in [9.17, 15) is 4.79 Å². The number of carbonyl (C=O) groups excluding carboxylic acids is 1. The van der Waals surface area contributed by atoms with Crippen molar-refractivity contribution in [1.29, 1.82) is 0 Å². The van der Waals surface area contributed by atoms with Crippen molar-refractivity contribution in [3.05, 3.63) is 57.6 Å². The number of hydrogen-bond donors (Lipinski definition) is 0. The van der Waals surface area contributed by atoms with Crippen molar-refractivity contribution in [1.82, 2.24) is 0 Å². The third-order valence-electron chi connectivity index (χ3n) is 2.96. The van der Waals surface area contributed by atoms with E-state index in [0.717, 1.165) is 5.56 Å². The molecule has 0 amide bonds. The van der Waals surface area contributed by atoms with Crippen molar-refractivity contribution in [3.8, 4) is 11.5 Å². The molecule has 0 atom stereocenters. The second kappa shape index (κ2) is 6.83. The molecule has 0 spiro atoms. The Kier molecular flexibility index (Phi) is 5.10. The summed E-state index contributed by atoms with van der Waals surface area (Å²) >= 11 is 12.0. The Morgan fingerprint density at radius 3 is 2.52 bits per heavy atom. The molecule has 110 valence electrons. The standard InChI is InChI=1S/C16H14Cl2O3/c1-10(19)11-3-6-15(20-2)12(7-11)9-21-16-8-13(17)4-5-14(16)18/h3-8H,9H2,1-2H3. The van der Waals surface area contributed by atoms with Gasteiger partial charge in [-0.2, -0.15) is 0 Å². The molecular weight excluding hydrogens is 311 g/mol. The molecule has 5 heteroatoms. The molecule has 0 aromatic heterocycles. The average molecular weight is 325 g/mol. The molecule has 0 fully saturated rings. The van der Waals surface area contributed by atoms with Crippen LogP contribution in [0.5, 0.6) is 11.5 Å². The molecule has 2 aromatic carbocycles. The Bertz CT molecular complexity index is 669. The minimum Gasteiger partial charge on any atom is -0.496 e. The first-order chi connectivity index (χ1) is 10.0. The fourth-order valence-electron chi connectivity index (χ4n) is 1.85. The van der Waals surface area contributed by atoms with Crippen LogP contribution in [0, 0.1) is 0 Å². The average Bonchev–Trinajstić information content (AvgIpc) is 2.47. The Morgan fingerprint density at radius 2 is 1.86 bits per heavy atom. The van der Waals surface area contributed by atoms with Crippen molar-refractivity contribution in [3.63, 3.8) is 0 Å². The molecule has 21 heavy (non-hydrogen) atoms. The Morgan fingerprint density at radius 1 is 1.10 bits per heavy atom. The van der Waals surface area contributed by atoms with Crippen LogP contribution in [0.3, 0.4) is 0 Å². The number of benzene rings is 2. The second-order valence-corrected chi connectivity index (χ2v) is 5.29. The summed E-state index contributed by atoms with van der Waals surface area (Å²) in [4.78, 5) is 11.5. The van der Waals surface area contributed by atoms with E-state index in [1.165, 1.54) is 6.92 Å². The summed E-state index contributed by atoms with van der Waals surface area (Å²) in [6.45, 7) is 1.74. The lowest BCUT2D eigenvalue weighted by Gasteiger charge is -2.12. The molecule has 2 rings (SSSR count). The molecular formula is C16H14Cl2O3. The van der Waals surface area contributed by atoms with Gasteiger partial charge in [0.25, 0.3) is 0 Å². The van der Waals surface area contributed by atoms with Gasteiger partial charge in [-0.25, -0.2) is 0 Å². The van der Waals surface area contributed by atoms with Gasteiger partial charge in [-0.15, -0.1) is 0 Å². The van der Waals surface area contributed by atoms with E-state index < -0.39 is 0 Å². The quantitative estimate of drug-likeness (QED) is 0.742. The summed E-state index contributed by atoms with van der Waals surface area (Å²) in [7, 11) is 1.57. The molecule has 0 heterocycles. The molecule has 2 aromatic rings. The summed E-state index contributed by atoms with van der Waals surface area (Å²) in [6, 6.07) is 10.2. The minimum absolute atomic E-state index is 0.0142. The van der Waals surface area contributed by atoms with E-state index in [1.54, 1.807) is 43.5 Å². The maximum Gasteiger partial charge on any atom is 0.159 e. The molecule has 3 nitrogen and oxygen atoms in total. The topological polar surface area (TPSA) is 35.5 Å². The summed E-state index contributed by atoms with van der Waals surface area (Å²) < 4.78 is 10.9. The first-order valence-electron chi connectivity index (χ1n) is 6.27. The van der Waals surface area contributed by atoms with Crippen LogP contribution in [-0.4, -0.2) is 12.9 Å². The number of hydrogen-bond acceptors (Lipinski definition) is 3. The van der Waals surface area contributed by atoms with Gasteiger partial charge in [-0.05, 0) is 37.3 Å². The first kappa shape index (κ1) is 15.7. The molecule has 0 N–H and O–H groups in total. The van der Waals surface area contributed by atoms with Gasteiger partial charge in [0.1, 0.15) is 18.1 Å². The van der Waals surface area contributed by atoms with Gasteiger partial charge < -0.3 is 9.47 Å². The Hall–Kier alpha value is -1.71. The van der Waals surface area contributed by atoms with Crippen LogP contribution in [0.25, 0.3) is 0 Å². The van der Waals surface area contributed by atoms with E-state index in [4.69, 9.17) is 32.7 Å². The highest BCUT2D eigenvalue weighted by Gasteiger charge is 2.09. The number of Topliss-reactive ketones (excluding diaryl/α,β-unsaturated/α-hetero) is 1. The van der Waals surface area contributed by atoms with Crippen LogP contribution >= 0.6 is 23.2 Å². The normalized spacial score (nSPS) is 10.3. The maximum absolute atomic E-state index is 11.5. The van der Waals surface area contributed by atoms with Gasteiger partial charge in [-0.1, -0.05) is 23.2 Å². The number of methoxy groups -OCH3 is 1. The van der Waals surface area contributed by atoms with Crippen LogP contribution < -0.4 is 9.47 Å². The van der Waals surface area contributed by atoms with Crippen molar-refractivity contribution >= 4 is 29.0 Å². The first-order valence-corrected chi connectivity index (χ1v) is 7.02. The Balaban J connectivity index is 2.24. The SMILES string of the molecule is COc1ccc(C(C)=O)cc1COc1cc(Cl)ccc1Cl. The van der Waals surface area contributed by atoms with Crippen molar-refractivity contribution < 1.29 is 14.3 Å². The highest BCUT2D eigenvalue weighted by Crippen LogP contribution is 2.29. The maximum atomic E-state index is 11.5. The molecule has 0 aliphatic heterocycles. The predicted octanol–water partition coefficient (Wildman–Crippen LogP) is 4.78. The lowest BCUT2D eigenvalue weighted by Crippen LogP contribution is -2.02. The predicted molar refractivity (Wildman–Crippen MR) is 83.8 cm³/mol. The molecule has 0 unspecified atom stereocenters. The van der Waals surface area contributed by atoms with Crippen molar-refractivity contribution in [2.24, 2.45) is 0 Å². The molecule has 0 radical (unpaired) electrons. The fraction of sp³-hybridized carbons (Fsp3) is 0.188. The lowest BCUT2D eigenvalue weighted by atomic mass is 10.1. The number of rotatable bonds is 5. The molecule has 0 saturated carbocycles. The van der Waals surface area contributed by atoms with Crippen LogP contribution in [0.2, 0.25) is 10.0 Å². The smallest absolute Gasteiger partial charge is 0.159 e. The zero-order valence-corrected chi connectivity index (χ0v) is 13.2. The largest absolute Gasteiger partial charge is 0.496 e. The summed E-state index contributed by atoms with van der Waals surface area (Å²) in [6.07, 6.45) is 0. The molecule has 0 saturated heterocycles. The molecule has 0 aliphatic rings. The summed E-state index contributed by atoms with van der Waals surface area (Å²) in [5, 5.41) is 1.01. The van der Waals surface area contributed by atoms with Gasteiger partial charge in [-0.3, -0.25) is 4.79 Å². The van der Waals surface area contributed by atoms with Crippen LogP contribution in [-0.2, 0) is 6.61 Å². The second-order valence-electron chi connectivity index (χ2n) is 4.45. The van der Waals surface area contributed by atoms with Gasteiger partial charge in [0.15, 0.2) is 5.78 Å². The highest BCUT2D eigenvalue weighted by atomic mass is 35.5. The number of ether oxygens (including phenoxy) is 2. The van der Waals surface area contributed by atoms with E-state index in [0.29, 0.717) is 27.1 Å². The van der Waals surface area contributed by atoms with Gasteiger partial charge in [0.2, 0.25) is 0 Å². The van der Waals surface area contributed by atoms with Crippen LogP contribution in [0.1, 0.15) is 22.8 Å². The molecule has 0 bridgehead atoms. The third kappa shape index (κ3) is 3.90. The lowest BCUT2D eigenvalue weighted by molar-refractivity contribution is 0.101. The number of ketones is 1. The van der Waals surface area contributed by atoms with Crippen molar-refractivity contribution in [2.45, 2.75) is 13.5 Å². The monoisotopic (exact) mass is 324 g/mol. The van der Waals surface area contributed by atoms with E-state index in [2.05, 4.69) is 0 Å². The minimum atomic E-state index is -0.0142. The van der Waals surface area contributed by atoms with Crippen LogP contribution in [0.15, 0.2) is 36.4 Å². The van der Waals surface area contributed by atoms with E-state index in [-0.39, 0.29) is 12.4 Å². The van der Waals surface area contributed by atoms with Gasteiger partial charge >= 0.3 is 0 Å². The summed E-state index contributed by atoms with van der Waals surface area (Å²) in [5.74, 6) is 1.12. The van der Waals surface area contributed by atoms with Gasteiger partial charge in [0.05, 0.1) is 12.1 Å². The van der Waals surface area contributed by atoms with Crippen LogP contribution in [0.4, 0.5) is 0 Å². The number of carbonyl (C=O) groups is 1. The third-order valence-corrected chi connectivity index (χ3v) is 3.51. The van der Waals surface area contributed by atoms with E-state index >= 15 is 0 Å². The number of halogens is 2. The summed E-state index contributed by atoms with van der Waals surface area (Å²) in [5.41, 5.74) is 1.37. The highest BCUT2D eigenvalue weighted by molar-refractivity contribution is 6.34. The molecule has 0 aliphatic carbocycles. The zero-order valence-electron chi connectivity index (χ0n) is 11.7. The Labute approximate surface area is 133 Å². The van der Waals surface area contributed by atoms with Gasteiger partial charge in [0, 0.05) is 22.2 Å².